The van der Waals surface area contributed by atoms with Gasteiger partial charge in [-0.05, 0) is 32.0 Å². The molecule has 0 fully saturated rings. The van der Waals surface area contributed by atoms with Gasteiger partial charge in [0.05, 0.1) is 6.42 Å². The lowest BCUT2D eigenvalue weighted by atomic mass is 9.98. The third kappa shape index (κ3) is 2.70. The monoisotopic (exact) mass is 262 g/mol. The number of benzene rings is 1. The summed E-state index contributed by atoms with van der Waals surface area (Å²) in [4.78, 5) is 17.2. The van der Waals surface area contributed by atoms with Crippen LogP contribution in [0.25, 0.3) is 11.1 Å². The second kappa shape index (κ2) is 4.57. The van der Waals surface area contributed by atoms with Crippen molar-refractivity contribution in [3.8, 4) is 0 Å². The molecule has 0 unspecified atom stereocenters. The summed E-state index contributed by atoms with van der Waals surface area (Å²) in [7, 11) is 1.89. The van der Waals surface area contributed by atoms with Crippen LogP contribution < -0.4 is 4.90 Å². The smallest absolute Gasteiger partial charge is 0.305 e. The van der Waals surface area contributed by atoms with E-state index in [-0.39, 0.29) is 6.42 Å². The van der Waals surface area contributed by atoms with Crippen molar-refractivity contribution in [1.29, 1.82) is 0 Å². The van der Waals surface area contributed by atoms with Crippen molar-refractivity contribution in [2.24, 2.45) is 0 Å². The van der Waals surface area contributed by atoms with Crippen molar-refractivity contribution in [2.75, 3.05) is 11.9 Å². The lowest BCUT2D eigenvalue weighted by Gasteiger charge is -2.36. The number of carboxylic acid groups (broad SMARTS) is 1. The van der Waals surface area contributed by atoms with Crippen LogP contribution in [0.1, 0.15) is 26.2 Å². The summed E-state index contributed by atoms with van der Waals surface area (Å²) in [6.45, 7) is 5.61. The van der Waals surface area contributed by atoms with Gasteiger partial charge in [0, 0.05) is 25.2 Å². The molecule has 102 valence electrons. The Morgan fingerprint density at radius 2 is 2.16 bits per heavy atom. The molecule has 0 atom stereocenters. The minimum Gasteiger partial charge on any atom is -0.481 e. The van der Waals surface area contributed by atoms with Gasteiger partial charge in [0.15, 0.2) is 11.5 Å². The molecule has 0 saturated heterocycles. The van der Waals surface area contributed by atoms with Crippen LogP contribution in [0.15, 0.2) is 22.6 Å². The van der Waals surface area contributed by atoms with Crippen LogP contribution in [0, 0.1) is 6.92 Å². The van der Waals surface area contributed by atoms with Gasteiger partial charge in [-0.3, -0.25) is 4.79 Å². The summed E-state index contributed by atoms with van der Waals surface area (Å²) in [6, 6.07) is 5.68. The number of fused-ring (bicyclic) bond motifs is 1. The molecule has 1 aromatic heterocycles. The molecule has 0 aliphatic heterocycles. The average molecular weight is 262 g/mol. The molecule has 0 radical (unpaired) electrons. The minimum absolute atomic E-state index is 0.0688. The van der Waals surface area contributed by atoms with Gasteiger partial charge in [0.1, 0.15) is 5.52 Å². The van der Waals surface area contributed by atoms with Gasteiger partial charge < -0.3 is 14.4 Å². The van der Waals surface area contributed by atoms with E-state index in [0.29, 0.717) is 5.89 Å². The summed E-state index contributed by atoms with van der Waals surface area (Å²) >= 11 is 0. The van der Waals surface area contributed by atoms with Crippen LogP contribution in [0.2, 0.25) is 0 Å². The van der Waals surface area contributed by atoms with E-state index >= 15 is 0 Å². The fourth-order valence-corrected chi connectivity index (χ4v) is 2.08. The number of aromatic nitrogens is 1. The summed E-state index contributed by atoms with van der Waals surface area (Å²) in [5, 5.41) is 8.97. The number of carbonyl (C=O) groups is 1. The third-order valence-electron chi connectivity index (χ3n) is 3.36. The second-order valence-electron chi connectivity index (χ2n) is 5.33. The Labute approximate surface area is 111 Å². The third-order valence-corrected chi connectivity index (χ3v) is 3.36. The Hall–Kier alpha value is -2.04. The number of carboxylic acids is 1. The molecule has 0 bridgehead atoms. The van der Waals surface area contributed by atoms with Crippen LogP contribution in [-0.2, 0) is 4.79 Å². The molecule has 1 N–H and O–H groups in total. The maximum Gasteiger partial charge on any atom is 0.305 e. The Balaban J connectivity index is 2.34. The molecule has 0 spiro atoms. The molecular weight excluding hydrogens is 244 g/mol. The van der Waals surface area contributed by atoms with E-state index in [2.05, 4.69) is 4.98 Å². The van der Waals surface area contributed by atoms with Crippen molar-refractivity contribution < 1.29 is 14.3 Å². The van der Waals surface area contributed by atoms with Gasteiger partial charge in [-0.15, -0.1) is 0 Å². The maximum absolute atomic E-state index is 10.9. The highest BCUT2D eigenvalue weighted by molar-refractivity contribution is 5.78. The predicted octanol–water partition coefficient (Wildman–Crippen LogP) is 2.83. The van der Waals surface area contributed by atoms with Gasteiger partial charge in [-0.1, -0.05) is 0 Å². The molecule has 2 aromatic rings. The largest absolute Gasteiger partial charge is 0.481 e. The van der Waals surface area contributed by atoms with Gasteiger partial charge in [-0.25, -0.2) is 4.98 Å². The summed E-state index contributed by atoms with van der Waals surface area (Å²) in [6.07, 6.45) is 0.0688. The molecule has 0 amide bonds. The number of hydrogen-bond donors (Lipinski definition) is 1. The van der Waals surface area contributed by atoms with E-state index in [0.717, 1.165) is 16.8 Å². The highest BCUT2D eigenvalue weighted by atomic mass is 16.4. The first-order chi connectivity index (χ1) is 8.79. The summed E-state index contributed by atoms with van der Waals surface area (Å²) in [5.74, 6) is -0.185. The molecule has 0 aliphatic carbocycles. The number of aliphatic carboxylic acids is 1. The van der Waals surface area contributed by atoms with Crippen molar-refractivity contribution in [3.63, 3.8) is 0 Å². The molecule has 5 nitrogen and oxygen atoms in total. The number of rotatable bonds is 4. The summed E-state index contributed by atoms with van der Waals surface area (Å²) in [5.41, 5.74) is 1.98. The van der Waals surface area contributed by atoms with E-state index in [1.165, 1.54) is 0 Å². The van der Waals surface area contributed by atoms with Crippen LogP contribution in [0.5, 0.6) is 0 Å². The molecular formula is C14H18N2O3. The quantitative estimate of drug-likeness (QED) is 0.917. The van der Waals surface area contributed by atoms with E-state index in [1.807, 2.05) is 44.0 Å². The summed E-state index contributed by atoms with van der Waals surface area (Å²) < 4.78 is 5.43. The second-order valence-corrected chi connectivity index (χ2v) is 5.33. The molecule has 2 rings (SSSR count). The first-order valence-electron chi connectivity index (χ1n) is 6.12. The standard InChI is InChI=1S/C14H18N2O3/c1-9-15-11-7-10(5-6-12(11)19-9)16(4)14(2,3)8-13(17)18/h5-7H,8H2,1-4H3,(H,17,18). The Kier molecular flexibility index (Phi) is 3.22. The van der Waals surface area contributed by atoms with Crippen molar-refractivity contribution in [3.05, 3.63) is 24.1 Å². The van der Waals surface area contributed by atoms with E-state index < -0.39 is 11.5 Å². The number of oxazole rings is 1. The SMILES string of the molecule is Cc1nc2cc(N(C)C(C)(C)CC(=O)O)ccc2o1. The molecule has 5 heteroatoms. The van der Waals surface area contributed by atoms with Crippen molar-refractivity contribution in [1.82, 2.24) is 4.98 Å². The number of nitrogens with zero attached hydrogens (tertiary/aromatic N) is 2. The highest BCUT2D eigenvalue weighted by Gasteiger charge is 2.27. The zero-order valence-electron chi connectivity index (χ0n) is 11.6. The number of anilines is 1. The van der Waals surface area contributed by atoms with E-state index in [9.17, 15) is 4.79 Å². The van der Waals surface area contributed by atoms with Gasteiger partial charge in [0.25, 0.3) is 0 Å². The topological polar surface area (TPSA) is 66.6 Å². The number of aryl methyl sites for hydroxylation is 1. The molecule has 1 aromatic carbocycles. The fourth-order valence-electron chi connectivity index (χ4n) is 2.08. The predicted molar refractivity (Wildman–Crippen MR) is 73.5 cm³/mol. The molecule has 19 heavy (non-hydrogen) atoms. The Morgan fingerprint density at radius 1 is 1.47 bits per heavy atom. The lowest BCUT2D eigenvalue weighted by Crippen LogP contribution is -2.43. The fraction of sp³-hybridized carbons (Fsp3) is 0.429. The molecule has 0 aliphatic rings. The average Bonchev–Trinajstić information content (AvgIpc) is 2.65. The van der Waals surface area contributed by atoms with Crippen LogP contribution in [0.4, 0.5) is 5.69 Å². The molecule has 1 heterocycles. The van der Waals surface area contributed by atoms with E-state index in [1.54, 1.807) is 6.92 Å². The first kappa shape index (κ1) is 13.4. The lowest BCUT2D eigenvalue weighted by molar-refractivity contribution is -0.138. The normalized spacial score (nSPS) is 11.8. The zero-order valence-corrected chi connectivity index (χ0v) is 11.6. The van der Waals surface area contributed by atoms with Gasteiger partial charge in [-0.2, -0.15) is 0 Å². The van der Waals surface area contributed by atoms with Gasteiger partial charge >= 0.3 is 5.97 Å². The first-order valence-corrected chi connectivity index (χ1v) is 6.12. The highest BCUT2D eigenvalue weighted by Crippen LogP contribution is 2.28. The Bertz CT molecular complexity index is 616. The molecule has 0 saturated carbocycles. The van der Waals surface area contributed by atoms with Crippen molar-refractivity contribution >= 4 is 22.8 Å². The number of hydrogen-bond acceptors (Lipinski definition) is 4. The zero-order chi connectivity index (χ0) is 14.2. The van der Waals surface area contributed by atoms with Crippen LogP contribution in [0.3, 0.4) is 0 Å². The Morgan fingerprint density at radius 3 is 2.79 bits per heavy atom. The van der Waals surface area contributed by atoms with Gasteiger partial charge in [0.2, 0.25) is 0 Å². The van der Waals surface area contributed by atoms with Crippen LogP contribution >= 0.6 is 0 Å². The maximum atomic E-state index is 10.9. The van der Waals surface area contributed by atoms with E-state index in [4.69, 9.17) is 9.52 Å². The van der Waals surface area contributed by atoms with Crippen molar-refractivity contribution in [2.45, 2.75) is 32.7 Å². The van der Waals surface area contributed by atoms with Crippen LogP contribution in [-0.4, -0.2) is 28.6 Å². The minimum atomic E-state index is -0.810.